The highest BCUT2D eigenvalue weighted by molar-refractivity contribution is 7.88. The SMILES string of the molecule is COC(=O)NCCN(CCN(C)C)S(C)(=O)=O. The minimum Gasteiger partial charge on any atom is -0.453 e. The molecule has 0 spiro atoms. The molecule has 0 radical (unpaired) electrons. The number of nitrogens with one attached hydrogen (secondary N) is 1. The van der Waals surface area contributed by atoms with E-state index in [-0.39, 0.29) is 13.1 Å². The van der Waals surface area contributed by atoms with Gasteiger partial charge in [-0.2, -0.15) is 4.31 Å². The number of hydrogen-bond donors (Lipinski definition) is 1. The first-order chi connectivity index (χ1) is 7.77. The third-order valence-corrected chi connectivity index (χ3v) is 3.38. The topological polar surface area (TPSA) is 79.0 Å². The van der Waals surface area contributed by atoms with Crippen LogP contribution in [0.1, 0.15) is 0 Å². The molecule has 0 aliphatic rings. The maximum Gasteiger partial charge on any atom is 0.406 e. The van der Waals surface area contributed by atoms with E-state index in [1.165, 1.54) is 11.4 Å². The molecule has 0 unspecified atom stereocenters. The highest BCUT2D eigenvalue weighted by Gasteiger charge is 2.16. The summed E-state index contributed by atoms with van der Waals surface area (Å²) in [6.07, 6.45) is 0.590. The Morgan fingerprint density at radius 2 is 1.82 bits per heavy atom. The molecular formula is C9H21N3O4S. The first-order valence-corrected chi connectivity index (χ1v) is 7.04. The molecule has 8 heteroatoms. The Morgan fingerprint density at radius 3 is 2.24 bits per heavy atom. The summed E-state index contributed by atoms with van der Waals surface area (Å²) in [6.45, 7) is 1.49. The molecule has 102 valence electrons. The van der Waals surface area contributed by atoms with E-state index < -0.39 is 16.1 Å². The fourth-order valence-electron chi connectivity index (χ4n) is 1.11. The summed E-state index contributed by atoms with van der Waals surface area (Å²) in [6, 6.07) is 0. The van der Waals surface area contributed by atoms with Crippen molar-refractivity contribution in [3.63, 3.8) is 0 Å². The number of hydrogen-bond acceptors (Lipinski definition) is 5. The fraction of sp³-hybridized carbons (Fsp3) is 0.889. The summed E-state index contributed by atoms with van der Waals surface area (Å²) in [5.41, 5.74) is 0. The number of amides is 1. The average Bonchev–Trinajstić information content (AvgIpc) is 2.20. The predicted molar refractivity (Wildman–Crippen MR) is 65.4 cm³/mol. The lowest BCUT2D eigenvalue weighted by Crippen LogP contribution is -2.41. The van der Waals surface area contributed by atoms with Gasteiger partial charge in [0.2, 0.25) is 10.0 Å². The number of carbonyl (C=O) groups is 1. The minimum atomic E-state index is -3.25. The first-order valence-electron chi connectivity index (χ1n) is 5.19. The van der Waals surface area contributed by atoms with Crippen molar-refractivity contribution in [1.29, 1.82) is 0 Å². The molecule has 0 saturated heterocycles. The van der Waals surface area contributed by atoms with E-state index in [1.54, 1.807) is 0 Å². The summed E-state index contributed by atoms with van der Waals surface area (Å²) in [7, 11) is 1.75. The zero-order valence-electron chi connectivity index (χ0n) is 10.8. The number of sulfonamides is 1. The summed E-state index contributed by atoms with van der Waals surface area (Å²) in [5, 5.41) is 2.44. The van der Waals surface area contributed by atoms with Crippen LogP contribution in [-0.4, -0.2) is 77.4 Å². The molecule has 0 aromatic carbocycles. The first kappa shape index (κ1) is 16.1. The summed E-state index contributed by atoms with van der Waals surface area (Å²) < 4.78 is 28.6. The van der Waals surface area contributed by atoms with Gasteiger partial charge in [-0.25, -0.2) is 13.2 Å². The van der Waals surface area contributed by atoms with Gasteiger partial charge in [0.05, 0.1) is 13.4 Å². The van der Waals surface area contributed by atoms with Crippen LogP contribution >= 0.6 is 0 Å². The van der Waals surface area contributed by atoms with Crippen LogP contribution in [0.5, 0.6) is 0 Å². The normalized spacial score (nSPS) is 11.9. The Balaban J connectivity index is 4.17. The van der Waals surface area contributed by atoms with E-state index >= 15 is 0 Å². The second kappa shape index (κ2) is 7.46. The minimum absolute atomic E-state index is 0.229. The maximum atomic E-state index is 11.5. The Hall–Kier alpha value is -0.860. The summed E-state index contributed by atoms with van der Waals surface area (Å²) in [5.74, 6) is 0. The van der Waals surface area contributed by atoms with E-state index in [4.69, 9.17) is 0 Å². The zero-order valence-corrected chi connectivity index (χ0v) is 11.6. The van der Waals surface area contributed by atoms with Gasteiger partial charge in [-0.1, -0.05) is 0 Å². The largest absolute Gasteiger partial charge is 0.453 e. The van der Waals surface area contributed by atoms with Crippen molar-refractivity contribution in [2.75, 3.05) is 53.6 Å². The van der Waals surface area contributed by atoms with Gasteiger partial charge in [0.25, 0.3) is 0 Å². The van der Waals surface area contributed by atoms with Gasteiger partial charge in [-0.05, 0) is 14.1 Å². The standard InChI is InChI=1S/C9H21N3O4S/c1-11(2)7-8-12(17(4,14)15)6-5-10-9(13)16-3/h5-8H2,1-4H3,(H,10,13). The molecule has 0 heterocycles. The van der Waals surface area contributed by atoms with Crippen molar-refractivity contribution in [3.05, 3.63) is 0 Å². The Labute approximate surface area is 103 Å². The number of carbonyl (C=O) groups excluding carboxylic acids is 1. The van der Waals surface area contributed by atoms with Crippen LogP contribution in [0.2, 0.25) is 0 Å². The van der Waals surface area contributed by atoms with Crippen LogP contribution < -0.4 is 5.32 Å². The second-order valence-corrected chi connectivity index (χ2v) is 5.87. The van der Waals surface area contributed by atoms with E-state index in [0.717, 1.165) is 6.26 Å². The molecule has 17 heavy (non-hydrogen) atoms. The third-order valence-electron chi connectivity index (χ3n) is 2.08. The van der Waals surface area contributed by atoms with Crippen LogP contribution in [0.25, 0.3) is 0 Å². The van der Waals surface area contributed by atoms with Crippen molar-refractivity contribution >= 4 is 16.1 Å². The Morgan fingerprint density at radius 1 is 1.24 bits per heavy atom. The molecular weight excluding hydrogens is 246 g/mol. The number of nitrogens with zero attached hydrogens (tertiary/aromatic N) is 2. The number of rotatable bonds is 7. The molecule has 1 N–H and O–H groups in total. The average molecular weight is 267 g/mol. The zero-order chi connectivity index (χ0) is 13.5. The lowest BCUT2D eigenvalue weighted by Gasteiger charge is -2.21. The molecule has 0 fully saturated rings. The maximum absolute atomic E-state index is 11.5. The smallest absolute Gasteiger partial charge is 0.406 e. The van der Waals surface area contributed by atoms with Gasteiger partial charge in [0, 0.05) is 26.2 Å². The van der Waals surface area contributed by atoms with E-state index in [1.807, 2.05) is 19.0 Å². The molecule has 0 atom stereocenters. The van der Waals surface area contributed by atoms with Crippen molar-refractivity contribution in [3.8, 4) is 0 Å². The monoisotopic (exact) mass is 267 g/mol. The molecule has 0 aliphatic heterocycles. The highest BCUT2D eigenvalue weighted by Crippen LogP contribution is 1.97. The molecule has 0 bridgehead atoms. The summed E-state index contributed by atoms with van der Waals surface area (Å²) >= 11 is 0. The van der Waals surface area contributed by atoms with Gasteiger partial charge in [0.15, 0.2) is 0 Å². The predicted octanol–water partition coefficient (Wildman–Crippen LogP) is -0.834. The Kier molecular flexibility index (Phi) is 7.09. The van der Waals surface area contributed by atoms with Crippen molar-refractivity contribution in [2.45, 2.75) is 0 Å². The summed E-state index contributed by atoms with van der Waals surface area (Å²) in [4.78, 5) is 12.7. The molecule has 0 aliphatic carbocycles. The van der Waals surface area contributed by atoms with Gasteiger partial charge < -0.3 is 15.0 Å². The number of ether oxygens (including phenoxy) is 1. The van der Waals surface area contributed by atoms with E-state index in [9.17, 15) is 13.2 Å². The second-order valence-electron chi connectivity index (χ2n) is 3.88. The van der Waals surface area contributed by atoms with Crippen molar-refractivity contribution in [1.82, 2.24) is 14.5 Å². The van der Waals surface area contributed by atoms with Crippen LogP contribution in [-0.2, 0) is 14.8 Å². The quantitative estimate of drug-likeness (QED) is 0.651. The molecule has 0 rings (SSSR count). The molecule has 0 saturated carbocycles. The lowest BCUT2D eigenvalue weighted by atomic mass is 10.5. The fourth-order valence-corrected chi connectivity index (χ4v) is 1.95. The molecule has 1 amide bonds. The van der Waals surface area contributed by atoms with Crippen LogP contribution in [0.3, 0.4) is 0 Å². The van der Waals surface area contributed by atoms with Gasteiger partial charge in [-0.3, -0.25) is 0 Å². The van der Waals surface area contributed by atoms with E-state index in [2.05, 4.69) is 10.1 Å². The van der Waals surface area contributed by atoms with E-state index in [0.29, 0.717) is 13.1 Å². The van der Waals surface area contributed by atoms with Crippen molar-refractivity contribution < 1.29 is 17.9 Å². The van der Waals surface area contributed by atoms with Gasteiger partial charge in [-0.15, -0.1) is 0 Å². The number of alkyl carbamates (subject to hydrolysis) is 1. The third kappa shape index (κ3) is 7.94. The number of methoxy groups -OCH3 is 1. The highest BCUT2D eigenvalue weighted by atomic mass is 32.2. The molecule has 0 aromatic rings. The van der Waals surface area contributed by atoms with Crippen LogP contribution in [0, 0.1) is 0 Å². The van der Waals surface area contributed by atoms with Crippen LogP contribution in [0.4, 0.5) is 4.79 Å². The lowest BCUT2D eigenvalue weighted by molar-refractivity contribution is 0.170. The van der Waals surface area contributed by atoms with Gasteiger partial charge in [0.1, 0.15) is 0 Å². The molecule has 0 aromatic heterocycles. The number of likely N-dealkylation sites (N-methyl/N-ethyl adjacent to an activating group) is 1. The van der Waals surface area contributed by atoms with Crippen LogP contribution in [0.15, 0.2) is 0 Å². The Bertz CT molecular complexity index is 329. The van der Waals surface area contributed by atoms with Crippen molar-refractivity contribution in [2.24, 2.45) is 0 Å². The van der Waals surface area contributed by atoms with Gasteiger partial charge >= 0.3 is 6.09 Å². The molecule has 7 nitrogen and oxygen atoms in total.